The Kier molecular flexibility index (Phi) is 2.30. The predicted octanol–water partition coefficient (Wildman–Crippen LogP) is 3.08. The van der Waals surface area contributed by atoms with E-state index in [4.69, 9.17) is 16.7 Å². The molecule has 3 rings (SSSR count). The van der Waals surface area contributed by atoms with Gasteiger partial charge in [-0.05, 0) is 24.1 Å². The fraction of sp³-hybridized carbons (Fsp3) is 0.231. The first kappa shape index (κ1) is 10.5. The van der Waals surface area contributed by atoms with Crippen molar-refractivity contribution in [1.29, 1.82) is 0 Å². The maximum absolute atomic E-state index is 10.9. The van der Waals surface area contributed by atoms with Crippen LogP contribution >= 0.6 is 11.6 Å². The molecule has 1 aromatic heterocycles. The Bertz CT molecular complexity index is 611. The third kappa shape index (κ3) is 1.76. The summed E-state index contributed by atoms with van der Waals surface area (Å²) in [6, 6.07) is 9.65. The SMILES string of the molecule is O=C(O)C1CC1c1cc2ccccc2nc1Cl. The predicted molar refractivity (Wildman–Crippen MR) is 65.2 cm³/mol. The highest BCUT2D eigenvalue weighted by atomic mass is 35.5. The highest BCUT2D eigenvalue weighted by Gasteiger charge is 2.45. The quantitative estimate of drug-likeness (QED) is 0.830. The Morgan fingerprint density at radius 2 is 2.18 bits per heavy atom. The molecule has 2 unspecified atom stereocenters. The summed E-state index contributed by atoms with van der Waals surface area (Å²) >= 11 is 6.10. The molecule has 1 aromatic carbocycles. The van der Waals surface area contributed by atoms with Gasteiger partial charge in [0.25, 0.3) is 0 Å². The lowest BCUT2D eigenvalue weighted by Gasteiger charge is -2.04. The lowest BCUT2D eigenvalue weighted by molar-refractivity contribution is -0.138. The largest absolute Gasteiger partial charge is 0.481 e. The minimum atomic E-state index is -0.751. The molecular weight excluding hydrogens is 238 g/mol. The van der Waals surface area contributed by atoms with E-state index in [-0.39, 0.29) is 11.8 Å². The number of benzene rings is 1. The average Bonchev–Trinajstić information content (AvgIpc) is 3.08. The van der Waals surface area contributed by atoms with Crippen LogP contribution in [0.3, 0.4) is 0 Å². The fourth-order valence-electron chi connectivity index (χ4n) is 2.18. The Hall–Kier alpha value is -1.61. The Morgan fingerprint density at radius 1 is 1.41 bits per heavy atom. The Morgan fingerprint density at radius 3 is 2.88 bits per heavy atom. The lowest BCUT2D eigenvalue weighted by Crippen LogP contribution is -1.99. The molecule has 1 aliphatic rings. The van der Waals surface area contributed by atoms with E-state index in [1.54, 1.807) is 0 Å². The molecule has 1 aliphatic carbocycles. The number of hydrogen-bond acceptors (Lipinski definition) is 2. The number of aliphatic carboxylic acids is 1. The number of carbonyl (C=O) groups is 1. The van der Waals surface area contributed by atoms with Crippen LogP contribution in [0.5, 0.6) is 0 Å². The third-order valence-corrected chi connectivity index (χ3v) is 3.51. The van der Waals surface area contributed by atoms with Crippen molar-refractivity contribution in [1.82, 2.24) is 4.98 Å². The van der Waals surface area contributed by atoms with Crippen molar-refractivity contribution in [2.24, 2.45) is 5.92 Å². The number of pyridine rings is 1. The number of halogens is 1. The molecular formula is C13H10ClNO2. The van der Waals surface area contributed by atoms with Crippen molar-refractivity contribution in [2.75, 3.05) is 0 Å². The summed E-state index contributed by atoms with van der Waals surface area (Å²) in [4.78, 5) is 15.2. The molecule has 1 saturated carbocycles. The van der Waals surface area contributed by atoms with Crippen LogP contribution in [0.25, 0.3) is 10.9 Å². The molecule has 1 fully saturated rings. The summed E-state index contributed by atoms with van der Waals surface area (Å²) in [5, 5.41) is 10.4. The van der Waals surface area contributed by atoms with Crippen molar-refractivity contribution >= 4 is 28.5 Å². The third-order valence-electron chi connectivity index (χ3n) is 3.21. The second kappa shape index (κ2) is 3.70. The molecule has 0 amide bonds. The number of carboxylic acid groups (broad SMARTS) is 1. The molecule has 2 aromatic rings. The first-order valence-electron chi connectivity index (χ1n) is 5.45. The minimum absolute atomic E-state index is 0.0251. The van der Waals surface area contributed by atoms with Crippen LogP contribution in [0.2, 0.25) is 5.15 Å². The molecule has 0 aliphatic heterocycles. The van der Waals surface area contributed by atoms with E-state index in [1.807, 2.05) is 30.3 Å². The summed E-state index contributed by atoms with van der Waals surface area (Å²) in [7, 11) is 0. The van der Waals surface area contributed by atoms with Gasteiger partial charge in [0.2, 0.25) is 0 Å². The first-order valence-corrected chi connectivity index (χ1v) is 5.82. The normalized spacial score (nSPS) is 22.6. The van der Waals surface area contributed by atoms with E-state index in [0.717, 1.165) is 16.5 Å². The van der Waals surface area contributed by atoms with Gasteiger partial charge in [-0.1, -0.05) is 29.8 Å². The summed E-state index contributed by atoms with van der Waals surface area (Å²) in [5.74, 6) is -1.02. The highest BCUT2D eigenvalue weighted by Crippen LogP contribution is 2.49. The van der Waals surface area contributed by atoms with Gasteiger partial charge in [-0.3, -0.25) is 4.79 Å². The van der Waals surface area contributed by atoms with E-state index in [2.05, 4.69) is 4.98 Å². The van der Waals surface area contributed by atoms with Gasteiger partial charge in [-0.25, -0.2) is 4.98 Å². The molecule has 0 saturated heterocycles. The van der Waals surface area contributed by atoms with E-state index >= 15 is 0 Å². The fourth-order valence-corrected chi connectivity index (χ4v) is 2.47. The van der Waals surface area contributed by atoms with Gasteiger partial charge in [-0.15, -0.1) is 0 Å². The van der Waals surface area contributed by atoms with Crippen LogP contribution < -0.4 is 0 Å². The van der Waals surface area contributed by atoms with Crippen LogP contribution in [-0.2, 0) is 4.79 Å². The molecule has 0 spiro atoms. The smallest absolute Gasteiger partial charge is 0.307 e. The van der Waals surface area contributed by atoms with Crippen LogP contribution in [-0.4, -0.2) is 16.1 Å². The number of para-hydroxylation sites is 1. The molecule has 0 radical (unpaired) electrons. The standard InChI is InChI=1S/C13H10ClNO2/c14-12-9(8-6-10(8)13(16)17)5-7-3-1-2-4-11(7)15-12/h1-5,8,10H,6H2,(H,16,17). The van der Waals surface area contributed by atoms with E-state index in [1.165, 1.54) is 0 Å². The number of fused-ring (bicyclic) bond motifs is 1. The van der Waals surface area contributed by atoms with Crippen LogP contribution in [0.4, 0.5) is 0 Å². The molecule has 0 bridgehead atoms. The molecule has 86 valence electrons. The molecule has 17 heavy (non-hydrogen) atoms. The molecule has 1 heterocycles. The number of carboxylic acids is 1. The topological polar surface area (TPSA) is 50.2 Å². The maximum Gasteiger partial charge on any atom is 0.307 e. The second-order valence-electron chi connectivity index (χ2n) is 4.35. The van der Waals surface area contributed by atoms with Gasteiger partial charge >= 0.3 is 5.97 Å². The monoisotopic (exact) mass is 247 g/mol. The van der Waals surface area contributed by atoms with Crippen molar-refractivity contribution in [3.63, 3.8) is 0 Å². The summed E-state index contributed by atoms with van der Waals surface area (Å²) in [6.45, 7) is 0. The Labute approximate surface area is 103 Å². The summed E-state index contributed by atoms with van der Waals surface area (Å²) in [6.07, 6.45) is 0.662. The van der Waals surface area contributed by atoms with Gasteiger partial charge in [0.15, 0.2) is 0 Å². The van der Waals surface area contributed by atoms with Gasteiger partial charge in [0, 0.05) is 11.3 Å². The molecule has 3 nitrogen and oxygen atoms in total. The number of hydrogen-bond donors (Lipinski definition) is 1. The zero-order valence-electron chi connectivity index (χ0n) is 8.93. The average molecular weight is 248 g/mol. The molecule has 2 atom stereocenters. The van der Waals surface area contributed by atoms with Crippen molar-refractivity contribution in [3.8, 4) is 0 Å². The van der Waals surface area contributed by atoms with Crippen LogP contribution in [0.15, 0.2) is 30.3 Å². The van der Waals surface area contributed by atoms with Crippen LogP contribution in [0.1, 0.15) is 17.9 Å². The molecule has 1 N–H and O–H groups in total. The number of nitrogens with zero attached hydrogens (tertiary/aromatic N) is 1. The van der Waals surface area contributed by atoms with Gasteiger partial charge in [0.05, 0.1) is 11.4 Å². The first-order chi connectivity index (χ1) is 8.16. The number of aromatic nitrogens is 1. The zero-order valence-corrected chi connectivity index (χ0v) is 9.69. The van der Waals surface area contributed by atoms with Gasteiger partial charge in [-0.2, -0.15) is 0 Å². The number of rotatable bonds is 2. The highest BCUT2D eigenvalue weighted by molar-refractivity contribution is 6.30. The van der Waals surface area contributed by atoms with E-state index < -0.39 is 5.97 Å². The lowest BCUT2D eigenvalue weighted by atomic mass is 10.1. The van der Waals surface area contributed by atoms with E-state index in [9.17, 15) is 4.79 Å². The zero-order chi connectivity index (χ0) is 12.0. The second-order valence-corrected chi connectivity index (χ2v) is 4.71. The van der Waals surface area contributed by atoms with Gasteiger partial charge in [0.1, 0.15) is 5.15 Å². The van der Waals surface area contributed by atoms with Crippen LogP contribution in [0, 0.1) is 5.92 Å². The summed E-state index contributed by atoms with van der Waals surface area (Å²) in [5.41, 5.74) is 1.70. The minimum Gasteiger partial charge on any atom is -0.481 e. The van der Waals surface area contributed by atoms with Crippen molar-refractivity contribution < 1.29 is 9.90 Å². The molecule has 4 heteroatoms. The van der Waals surface area contributed by atoms with E-state index in [0.29, 0.717) is 11.6 Å². The van der Waals surface area contributed by atoms with Gasteiger partial charge < -0.3 is 5.11 Å². The van der Waals surface area contributed by atoms with Crippen molar-refractivity contribution in [2.45, 2.75) is 12.3 Å². The Balaban J connectivity index is 2.06. The van der Waals surface area contributed by atoms with Crippen molar-refractivity contribution in [3.05, 3.63) is 41.0 Å². The maximum atomic E-state index is 10.9. The summed E-state index contributed by atoms with van der Waals surface area (Å²) < 4.78 is 0.